The van der Waals surface area contributed by atoms with Crippen LogP contribution in [0.15, 0.2) is 36.5 Å². The van der Waals surface area contributed by atoms with E-state index in [9.17, 15) is 0 Å². The summed E-state index contributed by atoms with van der Waals surface area (Å²) < 4.78 is 0. The van der Waals surface area contributed by atoms with Crippen molar-refractivity contribution in [1.29, 1.82) is 0 Å². The fourth-order valence-corrected chi connectivity index (χ4v) is 4.51. The van der Waals surface area contributed by atoms with Crippen molar-refractivity contribution >= 4 is 5.69 Å². The van der Waals surface area contributed by atoms with Crippen LogP contribution in [0.3, 0.4) is 0 Å². The quantitative estimate of drug-likeness (QED) is 0.915. The van der Waals surface area contributed by atoms with Crippen molar-refractivity contribution in [2.45, 2.75) is 45.7 Å². The number of nitrogens with one attached hydrogen (secondary N) is 1. The first kappa shape index (κ1) is 15.6. The van der Waals surface area contributed by atoms with Crippen LogP contribution in [0.4, 0.5) is 5.69 Å². The maximum atomic E-state index is 4.71. The Hall–Kier alpha value is -1.87. The number of pyridine rings is 1. The molecule has 1 aromatic carbocycles. The Morgan fingerprint density at radius 2 is 1.75 bits per heavy atom. The van der Waals surface area contributed by atoms with Gasteiger partial charge >= 0.3 is 0 Å². The van der Waals surface area contributed by atoms with E-state index in [2.05, 4.69) is 61.3 Å². The van der Waals surface area contributed by atoms with E-state index in [1.165, 1.54) is 42.6 Å². The highest BCUT2D eigenvalue weighted by Gasteiger charge is 2.39. The average Bonchev–Trinajstić information content (AvgIpc) is 2.58. The summed E-state index contributed by atoms with van der Waals surface area (Å²) in [7, 11) is 0. The molecule has 24 heavy (non-hydrogen) atoms. The summed E-state index contributed by atoms with van der Waals surface area (Å²) in [4.78, 5) is 7.33. The number of anilines is 1. The van der Waals surface area contributed by atoms with Crippen LogP contribution in [0.5, 0.6) is 0 Å². The Labute approximate surface area is 145 Å². The van der Waals surface area contributed by atoms with Crippen LogP contribution in [0.1, 0.15) is 30.9 Å². The number of nitrogens with zero attached hydrogens (tertiary/aromatic N) is 2. The number of fused-ring (bicyclic) bond motifs is 3. The van der Waals surface area contributed by atoms with Gasteiger partial charge in [0.15, 0.2) is 0 Å². The normalized spacial score (nSPS) is 28.8. The van der Waals surface area contributed by atoms with Gasteiger partial charge in [0, 0.05) is 17.6 Å². The fourth-order valence-electron chi connectivity index (χ4n) is 4.51. The van der Waals surface area contributed by atoms with E-state index in [4.69, 9.17) is 4.98 Å². The average molecular weight is 321 g/mol. The van der Waals surface area contributed by atoms with Crippen molar-refractivity contribution in [3.8, 4) is 11.3 Å². The molecular weight excluding hydrogens is 294 g/mol. The molecule has 3 nitrogen and oxygen atoms in total. The molecule has 0 radical (unpaired) electrons. The first-order valence-corrected chi connectivity index (χ1v) is 9.15. The molecule has 2 atom stereocenters. The molecule has 0 spiro atoms. The molecule has 3 saturated heterocycles. The lowest BCUT2D eigenvalue weighted by atomic mass is 9.79. The minimum Gasteiger partial charge on any atom is -0.379 e. The molecule has 3 aliphatic rings. The van der Waals surface area contributed by atoms with Gasteiger partial charge in [0.2, 0.25) is 0 Å². The molecule has 4 heterocycles. The zero-order chi connectivity index (χ0) is 16.7. The third kappa shape index (κ3) is 2.93. The zero-order valence-electron chi connectivity index (χ0n) is 14.9. The minimum atomic E-state index is 0.557. The molecule has 0 aliphatic carbocycles. The van der Waals surface area contributed by atoms with Crippen LogP contribution >= 0.6 is 0 Å². The zero-order valence-corrected chi connectivity index (χ0v) is 14.9. The predicted molar refractivity (Wildman–Crippen MR) is 100 cm³/mol. The van der Waals surface area contributed by atoms with Crippen LogP contribution in [0.2, 0.25) is 0 Å². The standard InChI is InChI=1S/C21H27N3/c1-14-10-15(2)12-18(11-14)20-5-4-19(13-22-20)23-21-16(3)24-8-6-17(21)7-9-24/h4-5,10-13,16-17,21,23H,6-9H2,1-3H3. The number of rotatable bonds is 3. The van der Waals surface area contributed by atoms with Crippen molar-refractivity contribution < 1.29 is 0 Å². The summed E-state index contributed by atoms with van der Waals surface area (Å²) in [5, 5.41) is 3.76. The maximum Gasteiger partial charge on any atom is 0.0703 e. The molecule has 126 valence electrons. The van der Waals surface area contributed by atoms with Gasteiger partial charge in [0.25, 0.3) is 0 Å². The van der Waals surface area contributed by atoms with Crippen LogP contribution in [0, 0.1) is 19.8 Å². The molecule has 3 heteroatoms. The Balaban J connectivity index is 1.52. The molecule has 1 N–H and O–H groups in total. The number of aromatic nitrogens is 1. The molecule has 0 amide bonds. The molecule has 2 bridgehead atoms. The number of hydrogen-bond donors (Lipinski definition) is 1. The molecule has 2 unspecified atom stereocenters. The van der Waals surface area contributed by atoms with Crippen molar-refractivity contribution in [3.63, 3.8) is 0 Å². The lowest BCUT2D eigenvalue weighted by Crippen LogP contribution is -2.59. The predicted octanol–water partition coefficient (Wildman–Crippen LogP) is 4.26. The smallest absolute Gasteiger partial charge is 0.0703 e. The number of aryl methyl sites for hydroxylation is 2. The van der Waals surface area contributed by atoms with Crippen molar-refractivity contribution in [2.24, 2.45) is 5.92 Å². The van der Waals surface area contributed by atoms with Crippen LogP contribution in [-0.4, -0.2) is 35.1 Å². The number of hydrogen-bond acceptors (Lipinski definition) is 3. The Morgan fingerprint density at radius 1 is 1.04 bits per heavy atom. The second kappa shape index (κ2) is 6.21. The van der Waals surface area contributed by atoms with Gasteiger partial charge < -0.3 is 5.32 Å². The molecule has 2 aromatic rings. The van der Waals surface area contributed by atoms with Crippen molar-refractivity contribution in [1.82, 2.24) is 9.88 Å². The van der Waals surface area contributed by atoms with Gasteiger partial charge in [-0.05, 0) is 76.9 Å². The molecule has 3 aliphatic heterocycles. The number of piperidine rings is 3. The largest absolute Gasteiger partial charge is 0.379 e. The van der Waals surface area contributed by atoms with Gasteiger partial charge in [-0.25, -0.2) is 0 Å². The van der Waals surface area contributed by atoms with Gasteiger partial charge in [-0.2, -0.15) is 0 Å². The highest BCUT2D eigenvalue weighted by molar-refractivity contribution is 5.63. The van der Waals surface area contributed by atoms with Gasteiger partial charge in [-0.1, -0.05) is 17.2 Å². The van der Waals surface area contributed by atoms with Crippen LogP contribution in [0.25, 0.3) is 11.3 Å². The minimum absolute atomic E-state index is 0.557. The fraction of sp³-hybridized carbons (Fsp3) is 0.476. The Bertz CT molecular complexity index is 692. The Kier molecular flexibility index (Phi) is 4.05. The topological polar surface area (TPSA) is 28.2 Å². The van der Waals surface area contributed by atoms with Gasteiger partial charge in [0.05, 0.1) is 17.6 Å². The van der Waals surface area contributed by atoms with E-state index in [0.29, 0.717) is 12.1 Å². The van der Waals surface area contributed by atoms with Gasteiger partial charge in [-0.3, -0.25) is 9.88 Å². The second-order valence-corrected chi connectivity index (χ2v) is 7.59. The lowest BCUT2D eigenvalue weighted by molar-refractivity contribution is 0.0458. The van der Waals surface area contributed by atoms with Gasteiger partial charge in [0.1, 0.15) is 0 Å². The lowest BCUT2D eigenvalue weighted by Gasteiger charge is -2.50. The summed E-state index contributed by atoms with van der Waals surface area (Å²) in [5.41, 5.74) is 5.98. The molecule has 1 aromatic heterocycles. The third-order valence-electron chi connectivity index (χ3n) is 5.79. The highest BCUT2D eigenvalue weighted by Crippen LogP contribution is 2.34. The molecular formula is C21H27N3. The second-order valence-electron chi connectivity index (χ2n) is 7.59. The van der Waals surface area contributed by atoms with Gasteiger partial charge in [-0.15, -0.1) is 0 Å². The molecule has 3 fully saturated rings. The summed E-state index contributed by atoms with van der Waals surface area (Å²) in [6.45, 7) is 9.19. The number of benzene rings is 1. The van der Waals surface area contributed by atoms with Crippen LogP contribution < -0.4 is 5.32 Å². The summed E-state index contributed by atoms with van der Waals surface area (Å²) >= 11 is 0. The monoisotopic (exact) mass is 321 g/mol. The van der Waals surface area contributed by atoms with E-state index in [1.807, 2.05) is 6.20 Å². The first-order chi connectivity index (χ1) is 11.6. The van der Waals surface area contributed by atoms with E-state index < -0.39 is 0 Å². The van der Waals surface area contributed by atoms with E-state index in [0.717, 1.165) is 17.3 Å². The maximum absolute atomic E-state index is 4.71. The summed E-state index contributed by atoms with van der Waals surface area (Å²) in [5.74, 6) is 0.809. The molecule has 0 saturated carbocycles. The molecule has 5 rings (SSSR count). The Morgan fingerprint density at radius 3 is 2.33 bits per heavy atom. The summed E-state index contributed by atoms with van der Waals surface area (Å²) in [6.07, 6.45) is 4.66. The van der Waals surface area contributed by atoms with E-state index >= 15 is 0 Å². The van der Waals surface area contributed by atoms with E-state index in [1.54, 1.807) is 0 Å². The summed E-state index contributed by atoms with van der Waals surface area (Å²) in [6, 6.07) is 12.1. The first-order valence-electron chi connectivity index (χ1n) is 9.15. The SMILES string of the molecule is Cc1cc(C)cc(-c2ccc(NC3C4CCN(CC4)C3C)cn2)c1. The van der Waals surface area contributed by atoms with Crippen LogP contribution in [-0.2, 0) is 0 Å². The third-order valence-corrected chi connectivity index (χ3v) is 5.79. The highest BCUT2D eigenvalue weighted by atomic mass is 15.2. The van der Waals surface area contributed by atoms with Crippen molar-refractivity contribution in [2.75, 3.05) is 18.4 Å². The van der Waals surface area contributed by atoms with E-state index in [-0.39, 0.29) is 0 Å². The van der Waals surface area contributed by atoms with Crippen molar-refractivity contribution in [3.05, 3.63) is 47.7 Å².